The molecule has 2 heterocycles. The lowest BCUT2D eigenvalue weighted by Crippen LogP contribution is -2.31. The van der Waals surface area contributed by atoms with E-state index in [2.05, 4.69) is 9.97 Å². The summed E-state index contributed by atoms with van der Waals surface area (Å²) >= 11 is 12.6. The van der Waals surface area contributed by atoms with E-state index in [0.717, 1.165) is 12.0 Å². The van der Waals surface area contributed by atoms with Crippen LogP contribution in [0.5, 0.6) is 5.88 Å². The molecular weight excluding hydrogens is 485 g/mol. The van der Waals surface area contributed by atoms with Crippen molar-refractivity contribution in [2.75, 3.05) is 18.8 Å². The van der Waals surface area contributed by atoms with Crippen LogP contribution in [0.3, 0.4) is 0 Å². The molecule has 3 aromatic rings. The lowest BCUT2D eigenvalue weighted by atomic mass is 10.1. The number of hydrogen-bond acceptors (Lipinski definition) is 6. The van der Waals surface area contributed by atoms with E-state index >= 15 is 0 Å². The molecule has 1 aliphatic rings. The topological polar surface area (TPSA) is 107 Å². The molecule has 33 heavy (non-hydrogen) atoms. The molecule has 4 rings (SSSR count). The standard InChI is InChI=1S/C23H23Cl2N5O2.ClH/c1-13(20-17(24)6-3-7-18(20)25)32-22-21(27)28-11-19(29-22)14-4-2-5-15(10-14)23(31)30-9-8-16(26)12-30;/h2-7,10-11,13,16H,8-9,12,26H2,1H3,(H2,27,28);1H/t13?,16-;/m1./s1. The van der Waals surface area contributed by atoms with Gasteiger partial charge in [0.2, 0.25) is 0 Å². The van der Waals surface area contributed by atoms with E-state index in [-0.39, 0.29) is 36.1 Å². The van der Waals surface area contributed by atoms with E-state index in [1.165, 1.54) is 0 Å². The summed E-state index contributed by atoms with van der Waals surface area (Å²) < 4.78 is 5.97. The lowest BCUT2D eigenvalue weighted by Gasteiger charge is -2.18. The lowest BCUT2D eigenvalue weighted by molar-refractivity contribution is 0.0791. The van der Waals surface area contributed by atoms with Crippen molar-refractivity contribution in [3.63, 3.8) is 0 Å². The Morgan fingerprint density at radius 3 is 2.58 bits per heavy atom. The smallest absolute Gasteiger partial charge is 0.258 e. The molecule has 10 heteroatoms. The fraction of sp³-hybridized carbons (Fsp3) is 0.261. The largest absolute Gasteiger partial charge is 0.467 e. The number of aromatic nitrogens is 2. The van der Waals surface area contributed by atoms with Gasteiger partial charge in [0.15, 0.2) is 5.82 Å². The van der Waals surface area contributed by atoms with Crippen LogP contribution in [0.4, 0.5) is 5.82 Å². The number of anilines is 1. The van der Waals surface area contributed by atoms with E-state index in [9.17, 15) is 4.79 Å². The first kappa shape index (κ1) is 25.1. The van der Waals surface area contributed by atoms with Gasteiger partial charge in [-0.25, -0.2) is 9.97 Å². The number of halogens is 3. The molecule has 1 fully saturated rings. The number of rotatable bonds is 5. The summed E-state index contributed by atoms with van der Waals surface area (Å²) in [5, 5.41) is 0.973. The van der Waals surface area contributed by atoms with Crippen LogP contribution in [0.2, 0.25) is 10.0 Å². The van der Waals surface area contributed by atoms with Crippen LogP contribution in [0, 0.1) is 0 Å². The third-order valence-corrected chi connectivity index (χ3v) is 6.04. The molecule has 174 valence electrons. The van der Waals surface area contributed by atoms with Crippen molar-refractivity contribution in [3.8, 4) is 17.1 Å². The average Bonchev–Trinajstić information content (AvgIpc) is 3.21. The molecule has 2 atom stereocenters. The number of nitrogens with zero attached hydrogens (tertiary/aromatic N) is 3. The van der Waals surface area contributed by atoms with E-state index in [1.54, 1.807) is 48.4 Å². The number of benzene rings is 2. The Morgan fingerprint density at radius 2 is 1.91 bits per heavy atom. The maximum absolute atomic E-state index is 12.8. The van der Waals surface area contributed by atoms with Crippen LogP contribution in [-0.2, 0) is 0 Å². The van der Waals surface area contributed by atoms with Gasteiger partial charge in [-0.3, -0.25) is 4.79 Å². The Balaban J connectivity index is 0.00000306. The normalized spacial score (nSPS) is 16.2. The number of amides is 1. The Morgan fingerprint density at radius 1 is 1.21 bits per heavy atom. The number of nitrogen functional groups attached to an aromatic ring is 1. The molecule has 0 bridgehead atoms. The van der Waals surface area contributed by atoms with Crippen LogP contribution in [0.25, 0.3) is 11.3 Å². The van der Waals surface area contributed by atoms with E-state index in [4.69, 9.17) is 39.4 Å². The number of hydrogen-bond donors (Lipinski definition) is 2. The van der Waals surface area contributed by atoms with Gasteiger partial charge in [-0.15, -0.1) is 12.4 Å². The molecule has 2 aromatic carbocycles. The van der Waals surface area contributed by atoms with Gasteiger partial charge < -0.3 is 21.1 Å². The minimum Gasteiger partial charge on any atom is -0.467 e. The molecule has 0 radical (unpaired) electrons. The summed E-state index contributed by atoms with van der Waals surface area (Å²) in [7, 11) is 0. The zero-order valence-electron chi connectivity index (χ0n) is 17.9. The average molecular weight is 509 g/mol. The van der Waals surface area contributed by atoms with Crippen molar-refractivity contribution in [2.24, 2.45) is 5.73 Å². The second kappa shape index (κ2) is 10.6. The summed E-state index contributed by atoms with van der Waals surface area (Å²) in [6.07, 6.45) is 1.85. The number of carbonyl (C=O) groups is 1. The number of likely N-dealkylation sites (tertiary alicyclic amines) is 1. The molecule has 1 unspecified atom stereocenters. The van der Waals surface area contributed by atoms with Crippen LogP contribution in [0.1, 0.15) is 35.4 Å². The summed E-state index contributed by atoms with van der Waals surface area (Å²) in [6, 6.07) is 12.5. The third-order valence-electron chi connectivity index (χ3n) is 5.38. The van der Waals surface area contributed by atoms with Crippen LogP contribution in [0.15, 0.2) is 48.7 Å². The van der Waals surface area contributed by atoms with Crippen LogP contribution < -0.4 is 16.2 Å². The van der Waals surface area contributed by atoms with E-state index < -0.39 is 6.10 Å². The quantitative estimate of drug-likeness (QED) is 0.514. The molecule has 0 saturated carbocycles. The highest BCUT2D eigenvalue weighted by molar-refractivity contribution is 6.36. The molecule has 4 N–H and O–H groups in total. The van der Waals surface area contributed by atoms with Gasteiger partial charge in [-0.2, -0.15) is 0 Å². The van der Waals surface area contributed by atoms with Crippen LogP contribution >= 0.6 is 35.6 Å². The highest BCUT2D eigenvalue weighted by Crippen LogP contribution is 2.34. The predicted molar refractivity (Wildman–Crippen MR) is 133 cm³/mol. The maximum Gasteiger partial charge on any atom is 0.258 e. The molecule has 1 aromatic heterocycles. The molecule has 7 nitrogen and oxygen atoms in total. The van der Waals surface area contributed by atoms with E-state index in [1.807, 2.05) is 12.1 Å². The van der Waals surface area contributed by atoms with E-state index in [0.29, 0.717) is 40.0 Å². The van der Waals surface area contributed by atoms with Crippen molar-refractivity contribution >= 4 is 47.3 Å². The fourth-order valence-electron chi connectivity index (χ4n) is 3.70. The number of carbonyl (C=O) groups excluding carboxylic acids is 1. The highest BCUT2D eigenvalue weighted by Gasteiger charge is 2.25. The molecule has 1 saturated heterocycles. The summed E-state index contributed by atoms with van der Waals surface area (Å²) in [6.45, 7) is 3.03. The van der Waals surface area contributed by atoms with Gasteiger partial charge in [-0.05, 0) is 37.6 Å². The maximum atomic E-state index is 12.8. The second-order valence-electron chi connectivity index (χ2n) is 7.72. The first-order valence-electron chi connectivity index (χ1n) is 10.2. The van der Waals surface area contributed by atoms with Gasteiger partial charge in [0.25, 0.3) is 11.8 Å². The Kier molecular flexibility index (Phi) is 8.02. The van der Waals surface area contributed by atoms with Crippen molar-refractivity contribution in [1.82, 2.24) is 14.9 Å². The van der Waals surface area contributed by atoms with Gasteiger partial charge in [-0.1, -0.05) is 41.4 Å². The van der Waals surface area contributed by atoms with Gasteiger partial charge in [0.05, 0.1) is 11.9 Å². The monoisotopic (exact) mass is 507 g/mol. The van der Waals surface area contributed by atoms with Gasteiger partial charge in [0.1, 0.15) is 6.10 Å². The minimum absolute atomic E-state index is 0. The second-order valence-corrected chi connectivity index (χ2v) is 8.54. The van der Waals surface area contributed by atoms with Crippen LogP contribution in [-0.4, -0.2) is 39.9 Å². The van der Waals surface area contributed by atoms with Crippen molar-refractivity contribution < 1.29 is 9.53 Å². The van der Waals surface area contributed by atoms with Gasteiger partial charge >= 0.3 is 0 Å². The molecule has 1 amide bonds. The third kappa shape index (κ3) is 5.50. The number of nitrogens with two attached hydrogens (primary N) is 2. The Bertz CT molecular complexity index is 1140. The highest BCUT2D eigenvalue weighted by atomic mass is 35.5. The van der Waals surface area contributed by atoms with Crippen molar-refractivity contribution in [3.05, 3.63) is 69.8 Å². The SMILES string of the molecule is CC(Oc1nc(-c2cccc(C(=O)N3CC[C@@H](N)C3)c2)cnc1N)c1c(Cl)cccc1Cl.Cl. The summed E-state index contributed by atoms with van der Waals surface area (Å²) in [5.41, 5.74) is 14.4. The number of ether oxygens (including phenoxy) is 1. The first-order valence-corrected chi connectivity index (χ1v) is 11.0. The molecule has 0 spiro atoms. The summed E-state index contributed by atoms with van der Waals surface area (Å²) in [4.78, 5) is 23.4. The Hall–Kier alpha value is -2.58. The molecule has 0 aliphatic carbocycles. The predicted octanol–water partition coefficient (Wildman–Crippen LogP) is 4.77. The fourth-order valence-corrected chi connectivity index (χ4v) is 4.40. The molecule has 1 aliphatic heterocycles. The van der Waals surface area contributed by atoms with Crippen molar-refractivity contribution in [2.45, 2.75) is 25.5 Å². The zero-order chi connectivity index (χ0) is 22.8. The van der Waals surface area contributed by atoms with Crippen molar-refractivity contribution in [1.29, 1.82) is 0 Å². The van der Waals surface area contributed by atoms with Gasteiger partial charge in [0, 0.05) is 45.9 Å². The minimum atomic E-state index is -0.504. The first-order chi connectivity index (χ1) is 15.3. The summed E-state index contributed by atoms with van der Waals surface area (Å²) in [5.74, 6) is 0.247. The molecular formula is C23H24Cl3N5O2. The zero-order valence-corrected chi connectivity index (χ0v) is 20.2. The Labute approximate surface area is 208 Å².